The van der Waals surface area contributed by atoms with Gasteiger partial charge in [0.25, 0.3) is 5.91 Å². The van der Waals surface area contributed by atoms with Crippen LogP contribution in [0.2, 0.25) is 0 Å². The van der Waals surface area contributed by atoms with Crippen molar-refractivity contribution in [1.29, 1.82) is 0 Å². The van der Waals surface area contributed by atoms with Crippen LogP contribution in [0.15, 0.2) is 53.5 Å². The van der Waals surface area contributed by atoms with Crippen LogP contribution in [-0.4, -0.2) is 26.3 Å². The quantitative estimate of drug-likeness (QED) is 0.492. The molecule has 1 heterocycles. The lowest BCUT2D eigenvalue weighted by Gasteiger charge is -2.18. The minimum atomic E-state index is -0.108. The van der Waals surface area contributed by atoms with Crippen LogP contribution in [0.4, 0.5) is 10.7 Å². The largest absolute Gasteiger partial charge is 0.497 e. The lowest BCUT2D eigenvalue weighted by molar-refractivity contribution is 0.102. The van der Waals surface area contributed by atoms with Crippen molar-refractivity contribution < 1.29 is 14.3 Å². The second kappa shape index (κ2) is 9.35. The molecule has 0 saturated carbocycles. The molecule has 1 aliphatic rings. The molecule has 160 valence electrons. The number of carbonyl (C=O) groups excluding carboxylic acids is 1. The van der Waals surface area contributed by atoms with E-state index in [0.29, 0.717) is 17.2 Å². The van der Waals surface area contributed by atoms with Crippen molar-refractivity contribution >= 4 is 34.1 Å². The van der Waals surface area contributed by atoms with E-state index in [0.717, 1.165) is 46.8 Å². The molecule has 3 aromatic rings. The third-order valence-electron chi connectivity index (χ3n) is 5.51. The molecule has 1 N–H and O–H groups in total. The molecule has 0 radical (unpaired) electrons. The average molecular weight is 435 g/mol. The van der Waals surface area contributed by atoms with Crippen LogP contribution in [0, 0.1) is 5.92 Å². The van der Waals surface area contributed by atoms with E-state index in [4.69, 9.17) is 14.5 Å². The van der Waals surface area contributed by atoms with Gasteiger partial charge in [0, 0.05) is 22.3 Å². The number of hydrogen-bond acceptors (Lipinski definition) is 5. The Bertz CT molecular complexity index is 1110. The van der Waals surface area contributed by atoms with E-state index < -0.39 is 0 Å². The fourth-order valence-corrected chi connectivity index (χ4v) is 5.20. The first-order valence-corrected chi connectivity index (χ1v) is 11.2. The Morgan fingerprint density at radius 1 is 1.16 bits per heavy atom. The number of fused-ring (bicyclic) bond motifs is 1. The van der Waals surface area contributed by atoms with Crippen molar-refractivity contribution in [3.63, 3.8) is 0 Å². The number of carbonyl (C=O) groups is 1. The van der Waals surface area contributed by atoms with E-state index in [1.54, 1.807) is 31.8 Å². The number of amides is 1. The van der Waals surface area contributed by atoms with Gasteiger partial charge in [0.05, 0.1) is 19.8 Å². The molecule has 1 aromatic heterocycles. The summed E-state index contributed by atoms with van der Waals surface area (Å²) in [6.45, 7) is 2.26. The molecule has 1 atom stereocenters. The van der Waals surface area contributed by atoms with Crippen molar-refractivity contribution in [2.75, 3.05) is 19.5 Å². The Morgan fingerprint density at radius 3 is 2.71 bits per heavy atom. The predicted molar refractivity (Wildman–Crippen MR) is 127 cm³/mol. The van der Waals surface area contributed by atoms with Gasteiger partial charge in [-0.05, 0) is 61.1 Å². The number of aliphatic imine (C=N–C) groups is 1. The first-order valence-electron chi connectivity index (χ1n) is 10.4. The van der Waals surface area contributed by atoms with Crippen LogP contribution in [0.1, 0.15) is 39.7 Å². The van der Waals surface area contributed by atoms with E-state index in [1.807, 2.05) is 48.5 Å². The van der Waals surface area contributed by atoms with Crippen molar-refractivity contribution in [3.8, 4) is 11.5 Å². The number of rotatable bonds is 6. The number of thiophene rings is 1. The van der Waals surface area contributed by atoms with E-state index in [2.05, 4.69) is 12.2 Å². The number of nitrogens with one attached hydrogen (secondary N) is 1. The van der Waals surface area contributed by atoms with Gasteiger partial charge in [-0.15, -0.1) is 11.3 Å². The monoisotopic (exact) mass is 434 g/mol. The molecular weight excluding hydrogens is 408 g/mol. The van der Waals surface area contributed by atoms with Crippen LogP contribution in [0.3, 0.4) is 0 Å². The van der Waals surface area contributed by atoms with E-state index in [-0.39, 0.29) is 5.91 Å². The van der Waals surface area contributed by atoms with E-state index in [1.165, 1.54) is 4.88 Å². The highest BCUT2D eigenvalue weighted by atomic mass is 32.1. The maximum absolute atomic E-state index is 13.3. The molecular formula is C25H26N2O3S. The lowest BCUT2D eigenvalue weighted by atomic mass is 9.88. The zero-order valence-corrected chi connectivity index (χ0v) is 18.8. The summed E-state index contributed by atoms with van der Waals surface area (Å²) in [5, 5.41) is 3.77. The molecule has 31 heavy (non-hydrogen) atoms. The van der Waals surface area contributed by atoms with Crippen LogP contribution in [-0.2, 0) is 12.8 Å². The molecule has 5 nitrogen and oxygen atoms in total. The Balaban J connectivity index is 1.72. The summed E-state index contributed by atoms with van der Waals surface area (Å²) >= 11 is 1.62. The van der Waals surface area contributed by atoms with Gasteiger partial charge in [-0.1, -0.05) is 25.1 Å². The zero-order chi connectivity index (χ0) is 21.8. The maximum atomic E-state index is 13.3. The molecule has 0 aliphatic heterocycles. The first kappa shape index (κ1) is 21.1. The van der Waals surface area contributed by atoms with Gasteiger partial charge < -0.3 is 14.8 Å². The van der Waals surface area contributed by atoms with Crippen molar-refractivity contribution in [3.05, 3.63) is 70.1 Å². The fraction of sp³-hybridized carbons (Fsp3) is 0.280. The molecule has 0 spiro atoms. The zero-order valence-electron chi connectivity index (χ0n) is 18.0. The minimum Gasteiger partial charge on any atom is -0.497 e. The van der Waals surface area contributed by atoms with Crippen LogP contribution in [0.5, 0.6) is 11.5 Å². The third kappa shape index (κ3) is 4.64. The van der Waals surface area contributed by atoms with Gasteiger partial charge in [0.2, 0.25) is 0 Å². The highest BCUT2D eigenvalue weighted by Crippen LogP contribution is 2.41. The minimum absolute atomic E-state index is 0.108. The van der Waals surface area contributed by atoms with Gasteiger partial charge >= 0.3 is 0 Å². The number of hydrogen-bond donors (Lipinski definition) is 1. The van der Waals surface area contributed by atoms with Gasteiger partial charge in [-0.3, -0.25) is 4.79 Å². The number of benzene rings is 2. The molecule has 0 bridgehead atoms. The number of nitrogens with zero attached hydrogens (tertiary/aromatic N) is 1. The second-order valence-electron chi connectivity index (χ2n) is 7.72. The van der Waals surface area contributed by atoms with Gasteiger partial charge in [-0.25, -0.2) is 4.99 Å². The van der Waals surface area contributed by atoms with Crippen LogP contribution >= 0.6 is 11.3 Å². The summed E-state index contributed by atoms with van der Waals surface area (Å²) < 4.78 is 10.8. The third-order valence-corrected chi connectivity index (χ3v) is 6.67. The molecule has 1 amide bonds. The Kier molecular flexibility index (Phi) is 6.37. The molecule has 0 saturated heterocycles. The topological polar surface area (TPSA) is 59.9 Å². The summed E-state index contributed by atoms with van der Waals surface area (Å²) in [7, 11) is 3.26. The molecule has 0 unspecified atom stereocenters. The Hall–Kier alpha value is -3.12. The number of methoxy groups -OCH3 is 2. The maximum Gasteiger partial charge on any atom is 0.259 e. The van der Waals surface area contributed by atoms with E-state index >= 15 is 0 Å². The summed E-state index contributed by atoms with van der Waals surface area (Å²) in [5.74, 6) is 1.94. The van der Waals surface area contributed by atoms with Gasteiger partial charge in [0.1, 0.15) is 16.5 Å². The second-order valence-corrected chi connectivity index (χ2v) is 8.80. The van der Waals surface area contributed by atoms with Crippen molar-refractivity contribution in [1.82, 2.24) is 0 Å². The number of anilines is 1. The smallest absolute Gasteiger partial charge is 0.259 e. The first-order chi connectivity index (χ1) is 15.1. The normalized spacial score (nSPS) is 15.5. The fourth-order valence-electron chi connectivity index (χ4n) is 3.85. The van der Waals surface area contributed by atoms with Gasteiger partial charge in [0.15, 0.2) is 0 Å². The molecule has 4 rings (SSSR count). The summed E-state index contributed by atoms with van der Waals surface area (Å²) in [5.41, 5.74) is 3.41. The predicted octanol–water partition coefficient (Wildman–Crippen LogP) is 5.89. The SMILES string of the molecule is COc1ccc(OC)c(C=Nc2sc3c(c2C(=O)Nc2ccccc2)CC[C@@H](C)C3)c1. The van der Waals surface area contributed by atoms with Crippen molar-refractivity contribution in [2.24, 2.45) is 10.9 Å². The highest BCUT2D eigenvalue weighted by Gasteiger charge is 2.27. The summed E-state index contributed by atoms with van der Waals surface area (Å²) in [6.07, 6.45) is 4.73. The van der Waals surface area contributed by atoms with Crippen LogP contribution < -0.4 is 14.8 Å². The number of ether oxygens (including phenoxy) is 2. The number of para-hydroxylation sites is 1. The lowest BCUT2D eigenvalue weighted by Crippen LogP contribution is -2.16. The summed E-state index contributed by atoms with van der Waals surface area (Å²) in [4.78, 5) is 19.3. The molecule has 2 aromatic carbocycles. The Labute approximate surface area is 186 Å². The molecule has 6 heteroatoms. The van der Waals surface area contributed by atoms with Gasteiger partial charge in [-0.2, -0.15) is 0 Å². The average Bonchev–Trinajstić information content (AvgIpc) is 3.15. The Morgan fingerprint density at radius 2 is 1.97 bits per heavy atom. The summed E-state index contributed by atoms with van der Waals surface area (Å²) in [6, 6.07) is 15.1. The van der Waals surface area contributed by atoms with Crippen LogP contribution in [0.25, 0.3) is 0 Å². The van der Waals surface area contributed by atoms with E-state index in [9.17, 15) is 4.79 Å². The standard InChI is InChI=1S/C25H26N2O3S/c1-16-9-11-20-22(13-16)31-25(23(20)24(28)27-18-7-5-4-6-8-18)26-15-17-14-19(29-2)10-12-21(17)30-3/h4-8,10,12,14-16H,9,11,13H2,1-3H3,(H,27,28)/t16-/m1/s1. The van der Waals surface area contributed by atoms with Crippen molar-refractivity contribution in [2.45, 2.75) is 26.2 Å². The highest BCUT2D eigenvalue weighted by molar-refractivity contribution is 7.16. The molecule has 0 fully saturated rings. The molecule has 1 aliphatic carbocycles.